The minimum atomic E-state index is -0.871. The average Bonchev–Trinajstić information content (AvgIpc) is 2.86. The van der Waals surface area contributed by atoms with Gasteiger partial charge in [0.15, 0.2) is 11.5 Å². The molecule has 2 amide bonds. The molecule has 8 heteroatoms. The number of halogens is 2. The molecule has 3 aromatic rings. The lowest BCUT2D eigenvalue weighted by atomic mass is 9.75. The van der Waals surface area contributed by atoms with E-state index in [4.69, 9.17) is 9.47 Å². The van der Waals surface area contributed by atoms with Crippen molar-refractivity contribution in [3.05, 3.63) is 88.5 Å². The number of benzene rings is 3. The minimum Gasteiger partial charge on any atom is -0.490 e. The fourth-order valence-corrected chi connectivity index (χ4v) is 5.16. The number of fused-ring (bicyclic) bond motifs is 4. The maximum Gasteiger partial charge on any atom is 0.254 e. The van der Waals surface area contributed by atoms with Crippen molar-refractivity contribution < 1.29 is 27.8 Å². The molecule has 2 atom stereocenters. The van der Waals surface area contributed by atoms with Gasteiger partial charge in [0, 0.05) is 18.2 Å². The first-order valence-electron chi connectivity index (χ1n) is 12.0. The van der Waals surface area contributed by atoms with Gasteiger partial charge in [0.1, 0.15) is 11.6 Å². The SMILES string of the molecule is CCOc1cc2c(cc1OCC)[C@@H]1[C@H](C(=O)Nc3ccc(F)cc3F)c3ccccc3C(=O)N1CC2. The van der Waals surface area contributed by atoms with Crippen molar-refractivity contribution in [3.8, 4) is 11.5 Å². The van der Waals surface area contributed by atoms with E-state index in [9.17, 15) is 18.4 Å². The number of nitrogens with zero attached hydrogens (tertiary/aromatic N) is 1. The normalized spacial score (nSPS) is 18.1. The summed E-state index contributed by atoms with van der Waals surface area (Å²) in [6.45, 7) is 5.06. The lowest BCUT2D eigenvalue weighted by Gasteiger charge is -2.45. The summed E-state index contributed by atoms with van der Waals surface area (Å²) < 4.78 is 39.5. The predicted octanol–water partition coefficient (Wildman–Crippen LogP) is 5.24. The van der Waals surface area contributed by atoms with Gasteiger partial charge in [-0.2, -0.15) is 0 Å². The summed E-state index contributed by atoms with van der Waals surface area (Å²) in [5.74, 6) is -1.93. The maximum atomic E-state index is 14.4. The van der Waals surface area contributed by atoms with Crippen LogP contribution in [0.3, 0.4) is 0 Å². The summed E-state index contributed by atoms with van der Waals surface area (Å²) in [5, 5.41) is 2.62. The van der Waals surface area contributed by atoms with Crippen LogP contribution in [0.5, 0.6) is 11.5 Å². The second-order valence-corrected chi connectivity index (χ2v) is 8.74. The summed E-state index contributed by atoms with van der Waals surface area (Å²) in [7, 11) is 0. The number of rotatable bonds is 6. The molecular weight excluding hydrogens is 466 g/mol. The van der Waals surface area contributed by atoms with E-state index in [2.05, 4.69) is 5.32 Å². The van der Waals surface area contributed by atoms with E-state index < -0.39 is 29.5 Å². The highest BCUT2D eigenvalue weighted by Crippen LogP contribution is 2.48. The summed E-state index contributed by atoms with van der Waals surface area (Å²) in [6, 6.07) is 13.1. The standard InChI is InChI=1S/C28H26F2N2O4/c1-3-35-23-13-16-11-12-32-26(20(16)15-24(23)36-4-2)25(18-7-5-6-8-19(18)28(32)34)27(33)31-22-10-9-17(29)14-21(22)30/h5-10,13-15,25-26H,3-4,11-12H2,1-2H3,(H,31,33)/t25-,26-/m1/s1. The van der Waals surface area contributed by atoms with Crippen LogP contribution in [0.25, 0.3) is 0 Å². The number of hydrogen-bond acceptors (Lipinski definition) is 4. The van der Waals surface area contributed by atoms with Gasteiger partial charge in [-0.1, -0.05) is 18.2 Å². The minimum absolute atomic E-state index is 0.125. The van der Waals surface area contributed by atoms with E-state index in [1.165, 1.54) is 6.07 Å². The third kappa shape index (κ3) is 4.06. The monoisotopic (exact) mass is 492 g/mol. The van der Waals surface area contributed by atoms with Crippen molar-refractivity contribution in [2.24, 2.45) is 0 Å². The van der Waals surface area contributed by atoms with E-state index in [-0.39, 0.29) is 11.6 Å². The van der Waals surface area contributed by atoms with Crippen LogP contribution in [0, 0.1) is 11.6 Å². The lowest BCUT2D eigenvalue weighted by molar-refractivity contribution is -0.119. The Kier molecular flexibility index (Phi) is 6.35. The van der Waals surface area contributed by atoms with Crippen molar-refractivity contribution in [3.63, 3.8) is 0 Å². The number of ether oxygens (including phenoxy) is 2. The van der Waals surface area contributed by atoms with Crippen molar-refractivity contribution >= 4 is 17.5 Å². The third-order valence-electron chi connectivity index (χ3n) is 6.66. The highest BCUT2D eigenvalue weighted by atomic mass is 19.1. The van der Waals surface area contributed by atoms with E-state index in [1.54, 1.807) is 29.2 Å². The van der Waals surface area contributed by atoms with Gasteiger partial charge >= 0.3 is 0 Å². The van der Waals surface area contributed by atoms with Crippen molar-refractivity contribution in [2.75, 3.05) is 25.1 Å². The Morgan fingerprint density at radius 1 is 1.00 bits per heavy atom. The van der Waals surface area contributed by atoms with Crippen LogP contribution in [-0.4, -0.2) is 36.5 Å². The first-order valence-corrected chi connectivity index (χ1v) is 12.0. The predicted molar refractivity (Wildman–Crippen MR) is 130 cm³/mol. The Morgan fingerprint density at radius 2 is 1.72 bits per heavy atom. The van der Waals surface area contributed by atoms with Crippen LogP contribution in [0.15, 0.2) is 54.6 Å². The first kappa shape index (κ1) is 23.8. The van der Waals surface area contributed by atoms with Crippen LogP contribution < -0.4 is 14.8 Å². The van der Waals surface area contributed by atoms with Gasteiger partial charge in [-0.3, -0.25) is 9.59 Å². The van der Waals surface area contributed by atoms with Crippen LogP contribution >= 0.6 is 0 Å². The molecule has 0 saturated heterocycles. The molecule has 2 heterocycles. The molecule has 0 spiro atoms. The molecule has 0 bridgehead atoms. The lowest BCUT2D eigenvalue weighted by Crippen LogP contribution is -2.49. The number of carbonyl (C=O) groups excluding carboxylic acids is 2. The molecule has 0 unspecified atom stereocenters. The molecule has 36 heavy (non-hydrogen) atoms. The summed E-state index contributed by atoms with van der Waals surface area (Å²) in [4.78, 5) is 28.9. The van der Waals surface area contributed by atoms with E-state index in [0.29, 0.717) is 48.8 Å². The Bertz CT molecular complexity index is 1340. The largest absolute Gasteiger partial charge is 0.490 e. The molecule has 0 fully saturated rings. The number of amides is 2. The highest BCUT2D eigenvalue weighted by Gasteiger charge is 2.46. The van der Waals surface area contributed by atoms with Gasteiger partial charge in [-0.05, 0) is 67.3 Å². The number of anilines is 1. The Labute approximate surface area is 207 Å². The van der Waals surface area contributed by atoms with E-state index in [0.717, 1.165) is 23.3 Å². The fraction of sp³-hybridized carbons (Fsp3) is 0.286. The Morgan fingerprint density at radius 3 is 2.44 bits per heavy atom. The molecule has 5 rings (SSSR count). The summed E-state index contributed by atoms with van der Waals surface area (Å²) >= 11 is 0. The van der Waals surface area contributed by atoms with Crippen molar-refractivity contribution in [1.82, 2.24) is 4.90 Å². The molecule has 1 N–H and O–H groups in total. The van der Waals surface area contributed by atoms with Crippen LogP contribution in [0.1, 0.15) is 52.9 Å². The molecule has 0 saturated carbocycles. The Hall–Kier alpha value is -3.94. The van der Waals surface area contributed by atoms with Gasteiger partial charge in [-0.25, -0.2) is 8.78 Å². The topological polar surface area (TPSA) is 67.9 Å². The second-order valence-electron chi connectivity index (χ2n) is 8.74. The summed E-state index contributed by atoms with van der Waals surface area (Å²) in [5.41, 5.74) is 2.62. The maximum absolute atomic E-state index is 14.4. The zero-order valence-corrected chi connectivity index (χ0v) is 20.0. The quantitative estimate of drug-likeness (QED) is 0.511. The molecule has 2 aliphatic heterocycles. The van der Waals surface area contributed by atoms with Gasteiger partial charge in [0.2, 0.25) is 5.91 Å². The van der Waals surface area contributed by atoms with Gasteiger partial charge in [0.05, 0.1) is 30.9 Å². The zero-order chi connectivity index (χ0) is 25.4. The summed E-state index contributed by atoms with van der Waals surface area (Å²) in [6.07, 6.45) is 0.590. The fourth-order valence-electron chi connectivity index (χ4n) is 5.16. The van der Waals surface area contributed by atoms with Crippen LogP contribution in [0.4, 0.5) is 14.5 Å². The van der Waals surface area contributed by atoms with E-state index >= 15 is 0 Å². The molecule has 0 aliphatic carbocycles. The number of nitrogens with one attached hydrogen (secondary N) is 1. The zero-order valence-electron chi connectivity index (χ0n) is 20.0. The average molecular weight is 493 g/mol. The first-order chi connectivity index (χ1) is 17.4. The molecular formula is C28H26F2N2O4. The molecule has 186 valence electrons. The number of hydrogen-bond donors (Lipinski definition) is 1. The molecule has 6 nitrogen and oxygen atoms in total. The van der Waals surface area contributed by atoms with Gasteiger partial charge in [-0.15, -0.1) is 0 Å². The van der Waals surface area contributed by atoms with E-state index in [1.807, 2.05) is 26.0 Å². The molecule has 0 radical (unpaired) electrons. The van der Waals surface area contributed by atoms with Crippen LogP contribution in [-0.2, 0) is 11.2 Å². The molecule has 3 aromatic carbocycles. The second kappa shape index (κ2) is 9.60. The highest BCUT2D eigenvalue weighted by molar-refractivity contribution is 6.04. The molecule has 0 aromatic heterocycles. The van der Waals surface area contributed by atoms with Gasteiger partial charge in [0.25, 0.3) is 5.91 Å². The smallest absolute Gasteiger partial charge is 0.254 e. The van der Waals surface area contributed by atoms with Crippen LogP contribution in [0.2, 0.25) is 0 Å². The number of carbonyl (C=O) groups is 2. The van der Waals surface area contributed by atoms with Gasteiger partial charge < -0.3 is 19.7 Å². The van der Waals surface area contributed by atoms with Crippen molar-refractivity contribution in [2.45, 2.75) is 32.2 Å². The van der Waals surface area contributed by atoms with Crippen molar-refractivity contribution in [1.29, 1.82) is 0 Å². The third-order valence-corrected chi connectivity index (χ3v) is 6.66. The molecule has 2 aliphatic rings. The Balaban J connectivity index is 1.64.